The topological polar surface area (TPSA) is 24.9 Å². The minimum absolute atomic E-state index is 0.367. The molecule has 1 aromatic heterocycles. The Morgan fingerprint density at radius 3 is 2.74 bits per heavy atom. The quantitative estimate of drug-likeness (QED) is 0.834. The minimum Gasteiger partial charge on any atom is -0.313 e. The van der Waals surface area contributed by atoms with E-state index in [9.17, 15) is 8.78 Å². The Hall–Kier alpha value is -1.81. The number of nitrogens with zero attached hydrogens (tertiary/aromatic N) is 1. The molecule has 0 amide bonds. The number of aromatic nitrogens is 1. The summed E-state index contributed by atoms with van der Waals surface area (Å²) in [4.78, 5) is 4.10. The third-order valence-corrected chi connectivity index (χ3v) is 2.79. The van der Waals surface area contributed by atoms with E-state index >= 15 is 0 Å². The fourth-order valence-corrected chi connectivity index (χ4v) is 1.86. The van der Waals surface area contributed by atoms with Crippen molar-refractivity contribution in [3.63, 3.8) is 0 Å². The Labute approximate surface area is 111 Å². The average Bonchev–Trinajstić information content (AvgIpc) is 2.39. The number of pyridine rings is 1. The van der Waals surface area contributed by atoms with Crippen molar-refractivity contribution >= 4 is 0 Å². The predicted molar refractivity (Wildman–Crippen MR) is 71.6 cm³/mol. The molecule has 1 heterocycles. The second-order valence-corrected chi connectivity index (χ2v) is 4.38. The molecule has 2 aromatic rings. The Bertz CT molecular complexity index is 556. The second kappa shape index (κ2) is 6.38. The Morgan fingerprint density at radius 2 is 2.00 bits per heavy atom. The molecule has 0 saturated carbocycles. The van der Waals surface area contributed by atoms with Crippen LogP contribution in [0.2, 0.25) is 0 Å². The first-order chi connectivity index (χ1) is 9.20. The number of halogens is 2. The van der Waals surface area contributed by atoms with Gasteiger partial charge in [-0.05, 0) is 36.7 Å². The SMILES string of the molecule is CCCNCc1cncc(-c2ccc(F)cc2F)c1. The molecule has 0 aliphatic heterocycles. The molecule has 100 valence electrons. The number of hydrogen-bond acceptors (Lipinski definition) is 2. The van der Waals surface area contributed by atoms with Crippen molar-refractivity contribution < 1.29 is 8.78 Å². The highest BCUT2D eigenvalue weighted by Gasteiger charge is 2.07. The number of hydrogen-bond donors (Lipinski definition) is 1. The summed E-state index contributed by atoms with van der Waals surface area (Å²) in [6.45, 7) is 3.71. The maximum Gasteiger partial charge on any atom is 0.133 e. The first-order valence-electron chi connectivity index (χ1n) is 6.30. The lowest BCUT2D eigenvalue weighted by atomic mass is 10.1. The van der Waals surface area contributed by atoms with Crippen molar-refractivity contribution in [2.24, 2.45) is 0 Å². The molecule has 0 bridgehead atoms. The summed E-state index contributed by atoms with van der Waals surface area (Å²) in [5, 5.41) is 3.26. The van der Waals surface area contributed by atoms with Crippen LogP contribution < -0.4 is 5.32 Å². The molecule has 0 aliphatic rings. The highest BCUT2D eigenvalue weighted by molar-refractivity contribution is 5.63. The monoisotopic (exact) mass is 262 g/mol. The summed E-state index contributed by atoms with van der Waals surface area (Å²) < 4.78 is 26.6. The fourth-order valence-electron chi connectivity index (χ4n) is 1.86. The summed E-state index contributed by atoms with van der Waals surface area (Å²) in [7, 11) is 0. The molecule has 2 rings (SSSR count). The molecule has 0 atom stereocenters. The van der Waals surface area contributed by atoms with Crippen LogP contribution in [0.25, 0.3) is 11.1 Å². The first kappa shape index (κ1) is 13.6. The third-order valence-electron chi connectivity index (χ3n) is 2.79. The Balaban J connectivity index is 2.22. The molecule has 19 heavy (non-hydrogen) atoms. The first-order valence-corrected chi connectivity index (χ1v) is 6.30. The van der Waals surface area contributed by atoms with Gasteiger partial charge in [-0.3, -0.25) is 4.98 Å². The highest BCUT2D eigenvalue weighted by atomic mass is 19.1. The van der Waals surface area contributed by atoms with Gasteiger partial charge in [0.15, 0.2) is 0 Å². The van der Waals surface area contributed by atoms with Crippen LogP contribution in [0.4, 0.5) is 8.78 Å². The summed E-state index contributed by atoms with van der Waals surface area (Å²) >= 11 is 0. The van der Waals surface area contributed by atoms with Crippen molar-refractivity contribution in [3.05, 3.63) is 53.9 Å². The van der Waals surface area contributed by atoms with E-state index in [0.29, 0.717) is 17.7 Å². The summed E-state index contributed by atoms with van der Waals surface area (Å²) in [5.74, 6) is -1.14. The van der Waals surface area contributed by atoms with Crippen LogP contribution in [-0.4, -0.2) is 11.5 Å². The smallest absolute Gasteiger partial charge is 0.133 e. The summed E-state index contributed by atoms with van der Waals surface area (Å²) in [6.07, 6.45) is 4.38. The van der Waals surface area contributed by atoms with Crippen LogP contribution in [0.1, 0.15) is 18.9 Å². The van der Waals surface area contributed by atoms with E-state index < -0.39 is 11.6 Å². The third kappa shape index (κ3) is 3.58. The summed E-state index contributed by atoms with van der Waals surface area (Å²) in [6, 6.07) is 5.44. The van der Waals surface area contributed by atoms with E-state index in [1.165, 1.54) is 12.1 Å². The van der Waals surface area contributed by atoms with Gasteiger partial charge in [-0.2, -0.15) is 0 Å². The molecular formula is C15H16F2N2. The molecule has 1 aromatic carbocycles. The molecule has 2 nitrogen and oxygen atoms in total. The van der Waals surface area contributed by atoms with E-state index in [4.69, 9.17) is 0 Å². The largest absolute Gasteiger partial charge is 0.313 e. The zero-order valence-corrected chi connectivity index (χ0v) is 10.8. The van der Waals surface area contributed by atoms with Gasteiger partial charge in [0.1, 0.15) is 11.6 Å². The van der Waals surface area contributed by atoms with Gasteiger partial charge in [-0.25, -0.2) is 8.78 Å². The minimum atomic E-state index is -0.574. The van der Waals surface area contributed by atoms with Gasteiger partial charge in [-0.15, -0.1) is 0 Å². The van der Waals surface area contributed by atoms with Crippen molar-refractivity contribution in [3.8, 4) is 11.1 Å². The van der Waals surface area contributed by atoms with E-state index in [2.05, 4.69) is 17.2 Å². The van der Waals surface area contributed by atoms with Crippen LogP contribution in [0, 0.1) is 11.6 Å². The average molecular weight is 262 g/mol. The molecule has 4 heteroatoms. The molecule has 0 aliphatic carbocycles. The molecule has 0 radical (unpaired) electrons. The van der Waals surface area contributed by atoms with Crippen LogP contribution >= 0.6 is 0 Å². The van der Waals surface area contributed by atoms with Crippen LogP contribution in [0.3, 0.4) is 0 Å². The van der Waals surface area contributed by atoms with Gasteiger partial charge in [0.25, 0.3) is 0 Å². The maximum absolute atomic E-state index is 13.7. The van der Waals surface area contributed by atoms with Gasteiger partial charge < -0.3 is 5.32 Å². The highest BCUT2D eigenvalue weighted by Crippen LogP contribution is 2.23. The molecule has 0 saturated heterocycles. The zero-order valence-electron chi connectivity index (χ0n) is 10.8. The number of nitrogens with one attached hydrogen (secondary N) is 1. The van der Waals surface area contributed by atoms with Gasteiger partial charge >= 0.3 is 0 Å². The molecular weight excluding hydrogens is 246 g/mol. The Morgan fingerprint density at radius 1 is 1.16 bits per heavy atom. The van der Waals surface area contributed by atoms with Gasteiger partial charge in [0.05, 0.1) is 0 Å². The lowest BCUT2D eigenvalue weighted by Crippen LogP contribution is -2.13. The van der Waals surface area contributed by atoms with Gasteiger partial charge in [0, 0.05) is 36.1 Å². The van der Waals surface area contributed by atoms with Gasteiger partial charge in [0.2, 0.25) is 0 Å². The summed E-state index contributed by atoms with van der Waals surface area (Å²) in [5.41, 5.74) is 2.01. The zero-order chi connectivity index (χ0) is 13.7. The molecule has 0 fully saturated rings. The van der Waals surface area contributed by atoms with Crippen LogP contribution in [0.5, 0.6) is 0 Å². The van der Waals surface area contributed by atoms with Crippen LogP contribution in [-0.2, 0) is 6.54 Å². The molecule has 0 spiro atoms. The maximum atomic E-state index is 13.7. The van der Waals surface area contributed by atoms with Gasteiger partial charge in [-0.1, -0.05) is 6.92 Å². The van der Waals surface area contributed by atoms with E-state index in [1.54, 1.807) is 12.4 Å². The standard InChI is InChI=1S/C15H16F2N2/c1-2-5-18-8-11-6-12(10-19-9-11)14-4-3-13(16)7-15(14)17/h3-4,6-7,9-10,18H,2,5,8H2,1H3. The lowest BCUT2D eigenvalue weighted by Gasteiger charge is -2.07. The predicted octanol–water partition coefficient (Wildman–Crippen LogP) is 3.53. The lowest BCUT2D eigenvalue weighted by molar-refractivity contribution is 0.585. The van der Waals surface area contributed by atoms with Crippen molar-refractivity contribution in [2.45, 2.75) is 19.9 Å². The van der Waals surface area contributed by atoms with E-state index in [0.717, 1.165) is 24.6 Å². The van der Waals surface area contributed by atoms with Crippen LogP contribution in [0.15, 0.2) is 36.7 Å². The number of benzene rings is 1. The Kier molecular flexibility index (Phi) is 4.58. The second-order valence-electron chi connectivity index (χ2n) is 4.38. The van der Waals surface area contributed by atoms with Crippen molar-refractivity contribution in [1.29, 1.82) is 0 Å². The van der Waals surface area contributed by atoms with E-state index in [-0.39, 0.29) is 0 Å². The van der Waals surface area contributed by atoms with Crippen molar-refractivity contribution in [2.75, 3.05) is 6.54 Å². The normalized spacial score (nSPS) is 10.7. The van der Waals surface area contributed by atoms with Crippen molar-refractivity contribution in [1.82, 2.24) is 10.3 Å². The fraction of sp³-hybridized carbons (Fsp3) is 0.267. The molecule has 1 N–H and O–H groups in total. The van der Waals surface area contributed by atoms with E-state index in [1.807, 2.05) is 6.07 Å². The molecule has 0 unspecified atom stereocenters. The number of rotatable bonds is 5.